The van der Waals surface area contributed by atoms with Crippen molar-refractivity contribution in [1.29, 1.82) is 0 Å². The molecule has 0 radical (unpaired) electrons. The summed E-state index contributed by atoms with van der Waals surface area (Å²) in [7, 11) is 0. The molecule has 1 aliphatic carbocycles. The monoisotopic (exact) mass is 307 g/mol. The highest BCUT2D eigenvalue weighted by Crippen LogP contribution is 2.40. The highest BCUT2D eigenvalue weighted by atomic mass is 35.5. The number of carboxylic acids is 1. The van der Waals surface area contributed by atoms with E-state index in [4.69, 9.17) is 11.6 Å². The summed E-state index contributed by atoms with van der Waals surface area (Å²) in [5, 5.41) is 10.0. The molecule has 1 saturated heterocycles. The van der Waals surface area contributed by atoms with Crippen LogP contribution in [0.3, 0.4) is 0 Å². The number of hydrogen-bond donors (Lipinski definition) is 1. The van der Waals surface area contributed by atoms with E-state index < -0.39 is 12.0 Å². The molecule has 21 heavy (non-hydrogen) atoms. The third kappa shape index (κ3) is 2.64. The smallest absolute Gasteiger partial charge is 0.326 e. The van der Waals surface area contributed by atoms with Gasteiger partial charge in [0, 0.05) is 16.6 Å². The van der Waals surface area contributed by atoms with Gasteiger partial charge < -0.3 is 10.0 Å². The van der Waals surface area contributed by atoms with Crippen molar-refractivity contribution in [1.82, 2.24) is 4.90 Å². The number of carbonyl (C=O) groups is 2. The Bertz CT molecular complexity index is 557. The molecule has 0 spiro atoms. The number of carbonyl (C=O) groups excluding carboxylic acids is 1. The third-order valence-electron chi connectivity index (χ3n) is 4.70. The second-order valence-electron chi connectivity index (χ2n) is 5.92. The predicted molar refractivity (Wildman–Crippen MR) is 79.4 cm³/mol. The maximum Gasteiger partial charge on any atom is 0.326 e. The molecule has 1 aromatic rings. The molecule has 3 atom stereocenters. The number of nitrogens with zero attached hydrogens (tertiary/aromatic N) is 1. The molecule has 0 bridgehead atoms. The number of carboxylic acid groups (broad SMARTS) is 1. The largest absolute Gasteiger partial charge is 0.480 e. The lowest BCUT2D eigenvalue weighted by Crippen LogP contribution is -2.46. The van der Waals surface area contributed by atoms with Crippen molar-refractivity contribution in [2.24, 2.45) is 5.92 Å². The first-order valence-corrected chi connectivity index (χ1v) is 7.77. The van der Waals surface area contributed by atoms with Crippen LogP contribution in [0, 0.1) is 5.92 Å². The van der Waals surface area contributed by atoms with Crippen LogP contribution >= 0.6 is 11.6 Å². The zero-order chi connectivity index (χ0) is 15.0. The first-order chi connectivity index (χ1) is 10.1. The van der Waals surface area contributed by atoms with Crippen LogP contribution in [-0.4, -0.2) is 34.0 Å². The topological polar surface area (TPSA) is 57.6 Å². The van der Waals surface area contributed by atoms with Crippen LogP contribution in [0.15, 0.2) is 24.3 Å². The zero-order valence-electron chi connectivity index (χ0n) is 11.7. The molecule has 1 saturated carbocycles. The lowest BCUT2D eigenvalue weighted by molar-refractivity contribution is -0.141. The molecule has 1 aromatic carbocycles. The SMILES string of the molecule is O=C(O)[C@H]1C[C@H]2CCCC[C@@H]2N1C(=O)c1ccc(Cl)cc1. The first kappa shape index (κ1) is 14.4. The molecule has 112 valence electrons. The molecule has 4 nitrogen and oxygen atoms in total. The average Bonchev–Trinajstić information content (AvgIpc) is 2.87. The summed E-state index contributed by atoms with van der Waals surface area (Å²) in [5.41, 5.74) is 0.511. The van der Waals surface area contributed by atoms with Gasteiger partial charge in [-0.2, -0.15) is 0 Å². The van der Waals surface area contributed by atoms with Crippen LogP contribution in [0.5, 0.6) is 0 Å². The van der Waals surface area contributed by atoms with Crippen molar-refractivity contribution in [3.8, 4) is 0 Å². The van der Waals surface area contributed by atoms with Crippen molar-refractivity contribution < 1.29 is 14.7 Å². The van der Waals surface area contributed by atoms with Gasteiger partial charge in [0.15, 0.2) is 0 Å². The maximum absolute atomic E-state index is 12.7. The molecule has 5 heteroatoms. The van der Waals surface area contributed by atoms with E-state index in [9.17, 15) is 14.7 Å². The van der Waals surface area contributed by atoms with Crippen LogP contribution < -0.4 is 0 Å². The highest BCUT2D eigenvalue weighted by Gasteiger charge is 2.47. The molecule has 1 amide bonds. The first-order valence-electron chi connectivity index (χ1n) is 7.39. The molecule has 3 rings (SSSR count). The van der Waals surface area contributed by atoms with Crippen molar-refractivity contribution in [2.45, 2.75) is 44.2 Å². The third-order valence-corrected chi connectivity index (χ3v) is 4.95. The number of halogens is 1. The lowest BCUT2D eigenvalue weighted by Gasteiger charge is -2.33. The van der Waals surface area contributed by atoms with E-state index in [1.165, 1.54) is 0 Å². The van der Waals surface area contributed by atoms with E-state index >= 15 is 0 Å². The van der Waals surface area contributed by atoms with Gasteiger partial charge in [-0.3, -0.25) is 4.79 Å². The van der Waals surface area contributed by atoms with E-state index in [1.807, 2.05) is 0 Å². The quantitative estimate of drug-likeness (QED) is 0.913. The summed E-state index contributed by atoms with van der Waals surface area (Å²) in [6.45, 7) is 0. The Morgan fingerprint density at radius 2 is 1.81 bits per heavy atom. The summed E-state index contributed by atoms with van der Waals surface area (Å²) in [4.78, 5) is 25.9. The normalized spacial score (nSPS) is 28.2. The number of benzene rings is 1. The van der Waals surface area contributed by atoms with E-state index in [0.29, 0.717) is 22.9 Å². The maximum atomic E-state index is 12.7. The average molecular weight is 308 g/mol. The van der Waals surface area contributed by atoms with Gasteiger partial charge in [0.1, 0.15) is 6.04 Å². The molecule has 0 unspecified atom stereocenters. The summed E-state index contributed by atoms with van der Waals surface area (Å²) >= 11 is 5.85. The predicted octanol–water partition coefficient (Wildman–Crippen LogP) is 3.20. The van der Waals surface area contributed by atoms with Gasteiger partial charge in [-0.1, -0.05) is 24.4 Å². The Hall–Kier alpha value is -1.55. The van der Waals surface area contributed by atoms with Crippen molar-refractivity contribution in [2.75, 3.05) is 0 Å². The molecule has 1 N–H and O–H groups in total. The Morgan fingerprint density at radius 1 is 1.14 bits per heavy atom. The molecule has 1 aliphatic heterocycles. The minimum atomic E-state index is -0.897. The Labute approximate surface area is 128 Å². The van der Waals surface area contributed by atoms with Gasteiger partial charge >= 0.3 is 5.97 Å². The second-order valence-corrected chi connectivity index (χ2v) is 6.36. The van der Waals surface area contributed by atoms with E-state index in [1.54, 1.807) is 29.2 Å². The van der Waals surface area contributed by atoms with Crippen molar-refractivity contribution >= 4 is 23.5 Å². The van der Waals surface area contributed by atoms with Gasteiger partial charge in [-0.15, -0.1) is 0 Å². The van der Waals surface area contributed by atoms with Crippen LogP contribution in [0.2, 0.25) is 5.02 Å². The zero-order valence-corrected chi connectivity index (χ0v) is 12.4. The summed E-state index contributed by atoms with van der Waals surface area (Å²) in [6, 6.07) is 6.04. The van der Waals surface area contributed by atoms with Crippen molar-refractivity contribution in [3.63, 3.8) is 0 Å². The standard InChI is InChI=1S/C16H18ClNO3/c17-12-7-5-10(6-8-12)15(19)18-13-4-2-1-3-11(13)9-14(18)16(20)21/h5-8,11,13-14H,1-4,9H2,(H,20,21)/t11-,13+,14-/m1/s1. The van der Waals surface area contributed by atoms with Crippen LogP contribution in [0.25, 0.3) is 0 Å². The van der Waals surface area contributed by atoms with Crippen LogP contribution in [-0.2, 0) is 4.79 Å². The fourth-order valence-electron chi connectivity index (χ4n) is 3.71. The number of likely N-dealkylation sites (tertiary alicyclic amines) is 1. The fourth-order valence-corrected chi connectivity index (χ4v) is 3.84. The minimum Gasteiger partial charge on any atom is -0.480 e. The van der Waals surface area contributed by atoms with Crippen LogP contribution in [0.4, 0.5) is 0 Å². The van der Waals surface area contributed by atoms with Gasteiger partial charge in [-0.25, -0.2) is 4.79 Å². The number of rotatable bonds is 2. The Kier molecular flexibility index (Phi) is 3.89. The van der Waals surface area contributed by atoms with E-state index in [-0.39, 0.29) is 11.9 Å². The van der Waals surface area contributed by atoms with Gasteiger partial charge in [0.25, 0.3) is 5.91 Å². The molecule has 2 aliphatic rings. The van der Waals surface area contributed by atoms with Gasteiger partial charge in [0.05, 0.1) is 0 Å². The minimum absolute atomic E-state index is 0.0722. The summed E-state index contributed by atoms with van der Waals surface area (Å²) in [6.07, 6.45) is 4.72. The molecule has 0 aromatic heterocycles. The number of amides is 1. The lowest BCUT2D eigenvalue weighted by atomic mass is 9.84. The van der Waals surface area contributed by atoms with Gasteiger partial charge in [-0.05, 0) is 49.4 Å². The number of hydrogen-bond acceptors (Lipinski definition) is 2. The second kappa shape index (κ2) is 5.68. The molecule has 1 heterocycles. The number of fused-ring (bicyclic) bond motifs is 1. The van der Waals surface area contributed by atoms with E-state index in [2.05, 4.69) is 0 Å². The fraction of sp³-hybridized carbons (Fsp3) is 0.500. The van der Waals surface area contributed by atoms with Gasteiger partial charge in [0.2, 0.25) is 0 Å². The van der Waals surface area contributed by atoms with Crippen LogP contribution in [0.1, 0.15) is 42.5 Å². The molecular weight excluding hydrogens is 290 g/mol. The molecule has 2 fully saturated rings. The Balaban J connectivity index is 1.90. The van der Waals surface area contributed by atoms with E-state index in [0.717, 1.165) is 25.7 Å². The summed E-state index contributed by atoms with van der Waals surface area (Å²) in [5.74, 6) is -0.753. The van der Waals surface area contributed by atoms with Crippen molar-refractivity contribution in [3.05, 3.63) is 34.9 Å². The number of aliphatic carboxylic acids is 1. The Morgan fingerprint density at radius 3 is 2.48 bits per heavy atom. The highest BCUT2D eigenvalue weighted by molar-refractivity contribution is 6.30. The molecular formula is C16H18ClNO3. The summed E-state index contributed by atoms with van der Waals surface area (Å²) < 4.78 is 0.